The van der Waals surface area contributed by atoms with Gasteiger partial charge in [-0.2, -0.15) is 4.52 Å². The summed E-state index contributed by atoms with van der Waals surface area (Å²) in [5.74, 6) is 3.79. The van der Waals surface area contributed by atoms with Crippen LogP contribution in [0.5, 0.6) is 17.2 Å². The van der Waals surface area contributed by atoms with Crippen LogP contribution in [-0.4, -0.2) is 57.1 Å². The molecule has 234 valence electrons. The minimum Gasteiger partial charge on any atom is -0.497 e. The first-order valence-electron chi connectivity index (χ1n) is 14.9. The number of para-hydroxylation sites is 1. The van der Waals surface area contributed by atoms with E-state index in [1.165, 1.54) is 0 Å². The molecule has 1 saturated carbocycles. The number of methoxy groups -OCH3 is 3. The number of nitrogens with one attached hydrogen (secondary N) is 2. The van der Waals surface area contributed by atoms with Gasteiger partial charge in [0, 0.05) is 47.3 Å². The Balaban J connectivity index is 1.29. The van der Waals surface area contributed by atoms with Crippen molar-refractivity contribution in [2.24, 2.45) is 0 Å². The van der Waals surface area contributed by atoms with E-state index in [9.17, 15) is 9.90 Å². The van der Waals surface area contributed by atoms with E-state index in [2.05, 4.69) is 10.6 Å². The molecule has 0 saturated heterocycles. The third-order valence-corrected chi connectivity index (χ3v) is 8.58. The number of anilines is 1. The largest absolute Gasteiger partial charge is 0.497 e. The number of ether oxygens (including phenoxy) is 3. The molecule has 12 heteroatoms. The molecule has 3 N–H and O–H groups in total. The van der Waals surface area contributed by atoms with E-state index in [-0.39, 0.29) is 11.8 Å². The first kappa shape index (κ1) is 29.9. The summed E-state index contributed by atoms with van der Waals surface area (Å²) >= 11 is 0. The number of nitrogens with zero attached hydrogens (tertiary/aromatic N) is 5. The molecule has 1 aliphatic carbocycles. The molecular weight excluding hydrogens is 574 g/mol. The third kappa shape index (κ3) is 5.87. The normalized spacial score (nSPS) is 16.6. The van der Waals surface area contributed by atoms with Crippen LogP contribution in [0.15, 0.2) is 54.7 Å². The molecule has 0 bridgehead atoms. The molecule has 1 amide bonds. The van der Waals surface area contributed by atoms with E-state index >= 15 is 0 Å². The fourth-order valence-corrected chi connectivity index (χ4v) is 6.09. The van der Waals surface area contributed by atoms with Gasteiger partial charge in [-0.3, -0.25) is 4.98 Å². The first-order chi connectivity index (χ1) is 21.7. The van der Waals surface area contributed by atoms with Crippen molar-refractivity contribution < 1.29 is 24.1 Å². The van der Waals surface area contributed by atoms with Gasteiger partial charge >= 0.3 is 6.09 Å². The number of carboxylic acid groups (broad SMARTS) is 1. The van der Waals surface area contributed by atoms with Crippen LogP contribution in [0.1, 0.15) is 67.6 Å². The highest BCUT2D eigenvalue weighted by molar-refractivity contribution is 5.96. The van der Waals surface area contributed by atoms with Crippen LogP contribution < -0.4 is 24.8 Å². The lowest BCUT2D eigenvalue weighted by molar-refractivity contribution is 0.182. The maximum atomic E-state index is 11.2. The van der Waals surface area contributed by atoms with Crippen LogP contribution in [0.2, 0.25) is 0 Å². The van der Waals surface area contributed by atoms with Gasteiger partial charge in [0.2, 0.25) is 5.95 Å². The SMILES string of the molecule is COc1ccc(CNc2nc3c(OC)cccc3c3nc(C4CCC(c5ccc(C(C)(C)NC(=O)O)cn5)C4)nn23)c(OC)c1. The summed E-state index contributed by atoms with van der Waals surface area (Å²) < 4.78 is 18.4. The number of amides is 1. The van der Waals surface area contributed by atoms with Crippen LogP contribution in [0.3, 0.4) is 0 Å². The maximum absolute atomic E-state index is 11.2. The quantitative estimate of drug-likeness (QED) is 0.175. The molecule has 0 spiro atoms. The van der Waals surface area contributed by atoms with Gasteiger partial charge in [0.15, 0.2) is 11.5 Å². The standard InChI is InChI=1S/C33H37N7O5/c1-33(2,38-32(41)42)22-12-14-25(34-18-22)19-9-10-20(15-19)29-37-30-24-7-6-8-26(44-4)28(24)36-31(40(30)39-29)35-17-21-11-13-23(43-3)16-27(21)45-5/h6-8,11-14,16,18-20,38H,9-10,15,17H2,1-5H3,(H,35,36)(H,41,42). The van der Waals surface area contributed by atoms with E-state index in [0.29, 0.717) is 40.9 Å². The zero-order chi connectivity index (χ0) is 31.7. The number of fused-ring (bicyclic) bond motifs is 3. The molecule has 6 rings (SSSR count). The van der Waals surface area contributed by atoms with E-state index < -0.39 is 11.6 Å². The van der Waals surface area contributed by atoms with Crippen molar-refractivity contribution in [3.05, 3.63) is 77.4 Å². The number of hydrogen-bond donors (Lipinski definition) is 3. The maximum Gasteiger partial charge on any atom is 0.405 e. The number of aromatic nitrogens is 5. The highest BCUT2D eigenvalue weighted by Gasteiger charge is 2.32. The fraction of sp³-hybridized carbons (Fsp3) is 0.364. The first-order valence-corrected chi connectivity index (χ1v) is 14.9. The predicted octanol–water partition coefficient (Wildman–Crippen LogP) is 5.86. The minimum atomic E-state index is -1.07. The molecule has 5 aromatic rings. The number of pyridine rings is 1. The summed E-state index contributed by atoms with van der Waals surface area (Å²) in [6, 6.07) is 15.5. The summed E-state index contributed by atoms with van der Waals surface area (Å²) in [6.07, 6.45) is 3.45. The molecule has 3 heterocycles. The molecule has 1 aliphatic rings. The molecule has 2 unspecified atom stereocenters. The van der Waals surface area contributed by atoms with Crippen molar-refractivity contribution in [2.75, 3.05) is 26.6 Å². The van der Waals surface area contributed by atoms with Gasteiger partial charge in [-0.25, -0.2) is 14.8 Å². The Hall–Kier alpha value is -5.13. The topological polar surface area (TPSA) is 145 Å². The van der Waals surface area contributed by atoms with Crippen molar-refractivity contribution in [1.29, 1.82) is 0 Å². The lowest BCUT2D eigenvalue weighted by Crippen LogP contribution is -2.40. The van der Waals surface area contributed by atoms with Crippen molar-refractivity contribution in [1.82, 2.24) is 29.9 Å². The second-order valence-electron chi connectivity index (χ2n) is 11.8. The van der Waals surface area contributed by atoms with Gasteiger partial charge in [-0.1, -0.05) is 12.1 Å². The Morgan fingerprint density at radius 3 is 2.51 bits per heavy atom. The van der Waals surface area contributed by atoms with Crippen molar-refractivity contribution in [3.63, 3.8) is 0 Å². The van der Waals surface area contributed by atoms with E-state index in [1.807, 2.05) is 62.4 Å². The Morgan fingerprint density at radius 2 is 1.80 bits per heavy atom. The molecule has 0 aliphatic heterocycles. The lowest BCUT2D eigenvalue weighted by atomic mass is 9.94. The van der Waals surface area contributed by atoms with Gasteiger partial charge in [0.05, 0.1) is 26.9 Å². The highest BCUT2D eigenvalue weighted by Crippen LogP contribution is 2.43. The molecule has 2 aromatic carbocycles. The second kappa shape index (κ2) is 12.1. The van der Waals surface area contributed by atoms with Crippen LogP contribution in [0.25, 0.3) is 16.6 Å². The summed E-state index contributed by atoms with van der Waals surface area (Å²) in [5.41, 5.74) is 3.41. The van der Waals surface area contributed by atoms with Gasteiger partial charge in [-0.05, 0) is 69.0 Å². The van der Waals surface area contributed by atoms with Crippen LogP contribution in [0.4, 0.5) is 10.7 Å². The number of benzene rings is 2. The van der Waals surface area contributed by atoms with Gasteiger partial charge < -0.3 is 30.0 Å². The zero-order valence-electron chi connectivity index (χ0n) is 26.0. The second-order valence-corrected chi connectivity index (χ2v) is 11.8. The average molecular weight is 612 g/mol. The molecule has 0 radical (unpaired) electrons. The lowest BCUT2D eigenvalue weighted by Gasteiger charge is -2.25. The number of rotatable bonds is 10. The highest BCUT2D eigenvalue weighted by atomic mass is 16.5. The van der Waals surface area contributed by atoms with Gasteiger partial charge in [-0.15, -0.1) is 5.10 Å². The Labute approximate surface area is 260 Å². The van der Waals surface area contributed by atoms with E-state index in [4.69, 9.17) is 34.3 Å². The smallest absolute Gasteiger partial charge is 0.405 e. The van der Waals surface area contributed by atoms with Crippen LogP contribution in [0, 0.1) is 0 Å². The van der Waals surface area contributed by atoms with Gasteiger partial charge in [0.1, 0.15) is 22.8 Å². The van der Waals surface area contributed by atoms with Crippen molar-refractivity contribution in [3.8, 4) is 17.2 Å². The Bertz CT molecular complexity index is 1850. The van der Waals surface area contributed by atoms with Crippen molar-refractivity contribution >= 4 is 28.6 Å². The summed E-state index contributed by atoms with van der Waals surface area (Å²) in [7, 11) is 4.89. The summed E-state index contributed by atoms with van der Waals surface area (Å²) in [4.78, 5) is 25.9. The summed E-state index contributed by atoms with van der Waals surface area (Å²) in [6.45, 7) is 4.09. The van der Waals surface area contributed by atoms with Crippen LogP contribution >= 0.6 is 0 Å². The number of hydrogen-bond acceptors (Lipinski definition) is 9. The zero-order valence-corrected chi connectivity index (χ0v) is 26.0. The molecule has 45 heavy (non-hydrogen) atoms. The van der Waals surface area contributed by atoms with E-state index in [1.54, 1.807) is 32.0 Å². The molecule has 2 atom stereocenters. The van der Waals surface area contributed by atoms with Gasteiger partial charge in [0.25, 0.3) is 0 Å². The average Bonchev–Trinajstić information content (AvgIpc) is 3.71. The summed E-state index contributed by atoms with van der Waals surface area (Å²) in [5, 5.41) is 21.0. The Kier molecular flexibility index (Phi) is 8.05. The molecule has 1 fully saturated rings. The molecular formula is C33H37N7O5. The molecule has 12 nitrogen and oxygen atoms in total. The molecule has 3 aromatic heterocycles. The predicted molar refractivity (Wildman–Crippen MR) is 169 cm³/mol. The minimum absolute atomic E-state index is 0.150. The monoisotopic (exact) mass is 611 g/mol. The van der Waals surface area contributed by atoms with Crippen molar-refractivity contribution in [2.45, 2.75) is 57.0 Å². The number of carbonyl (C=O) groups is 1. The third-order valence-electron chi connectivity index (χ3n) is 8.58. The Morgan fingerprint density at radius 1 is 1.00 bits per heavy atom. The van der Waals surface area contributed by atoms with Crippen LogP contribution in [-0.2, 0) is 12.1 Å². The van der Waals surface area contributed by atoms with E-state index in [0.717, 1.165) is 47.3 Å². The fourth-order valence-electron chi connectivity index (χ4n) is 6.09.